The molecule has 2 heterocycles. The Bertz CT molecular complexity index is 863. The number of benzene rings is 1. The number of nitrogens with two attached hydrogens (primary N) is 1. The summed E-state index contributed by atoms with van der Waals surface area (Å²) in [6.45, 7) is 7.51. The number of primary amides is 1. The van der Waals surface area contributed by atoms with Gasteiger partial charge in [0, 0.05) is 26.1 Å². The molecule has 0 aliphatic carbocycles. The summed E-state index contributed by atoms with van der Waals surface area (Å²) < 4.78 is 10.8. The van der Waals surface area contributed by atoms with Crippen molar-refractivity contribution in [1.82, 2.24) is 10.1 Å². The van der Waals surface area contributed by atoms with Crippen LogP contribution in [0.3, 0.4) is 0 Å². The number of rotatable bonds is 6. The van der Waals surface area contributed by atoms with Gasteiger partial charge in [-0.1, -0.05) is 11.2 Å². The highest BCUT2D eigenvalue weighted by molar-refractivity contribution is 5.88. The minimum Gasteiger partial charge on any atom is -0.444 e. The molecule has 8 heteroatoms. The number of piperidine rings is 1. The first-order chi connectivity index (χ1) is 13.7. The van der Waals surface area contributed by atoms with E-state index >= 15 is 0 Å². The van der Waals surface area contributed by atoms with Gasteiger partial charge in [-0.05, 0) is 63.6 Å². The number of fused-ring (bicyclic) bond motifs is 1. The first-order valence-electron chi connectivity index (χ1n) is 10.1. The first-order valence-corrected chi connectivity index (χ1v) is 10.1. The summed E-state index contributed by atoms with van der Waals surface area (Å²) in [4.78, 5) is 24.9. The van der Waals surface area contributed by atoms with Crippen molar-refractivity contribution >= 4 is 28.8 Å². The Kier molecular flexibility index (Phi) is 6.30. The van der Waals surface area contributed by atoms with Gasteiger partial charge in [-0.3, -0.25) is 4.79 Å². The van der Waals surface area contributed by atoms with E-state index in [1.54, 1.807) is 4.90 Å². The molecule has 1 aromatic carbocycles. The van der Waals surface area contributed by atoms with Crippen molar-refractivity contribution in [1.29, 1.82) is 0 Å². The minimum atomic E-state index is -0.467. The van der Waals surface area contributed by atoms with Crippen LogP contribution in [0.25, 0.3) is 11.0 Å². The number of carbonyl (C=O) groups is 2. The van der Waals surface area contributed by atoms with Crippen LogP contribution in [-0.4, -0.2) is 47.3 Å². The van der Waals surface area contributed by atoms with Crippen molar-refractivity contribution in [3.63, 3.8) is 0 Å². The van der Waals surface area contributed by atoms with Gasteiger partial charge in [0.15, 0.2) is 11.4 Å². The zero-order valence-electron chi connectivity index (χ0n) is 17.4. The van der Waals surface area contributed by atoms with Crippen molar-refractivity contribution in [2.45, 2.75) is 52.1 Å². The molecule has 3 N–H and O–H groups in total. The van der Waals surface area contributed by atoms with Crippen LogP contribution in [0.4, 0.5) is 10.6 Å². The molecule has 29 heavy (non-hydrogen) atoms. The molecule has 2 aromatic rings. The van der Waals surface area contributed by atoms with Crippen molar-refractivity contribution in [3.8, 4) is 0 Å². The lowest BCUT2D eigenvalue weighted by Gasteiger charge is -2.33. The fourth-order valence-corrected chi connectivity index (χ4v) is 3.52. The van der Waals surface area contributed by atoms with Gasteiger partial charge in [-0.2, -0.15) is 0 Å². The molecule has 0 unspecified atom stereocenters. The summed E-state index contributed by atoms with van der Waals surface area (Å²) in [5, 5.41) is 8.05. The third-order valence-electron chi connectivity index (χ3n) is 4.99. The number of nitrogens with zero attached hydrogens (tertiary/aromatic N) is 2. The molecule has 1 saturated heterocycles. The Morgan fingerprint density at radius 1 is 1.31 bits per heavy atom. The van der Waals surface area contributed by atoms with Gasteiger partial charge in [-0.15, -0.1) is 0 Å². The molecule has 0 bridgehead atoms. The van der Waals surface area contributed by atoms with Gasteiger partial charge in [0.05, 0.1) is 5.39 Å². The van der Waals surface area contributed by atoms with E-state index < -0.39 is 5.60 Å². The highest BCUT2D eigenvalue weighted by atomic mass is 16.6. The maximum atomic E-state index is 12.2. The maximum absolute atomic E-state index is 12.2. The van der Waals surface area contributed by atoms with Crippen molar-refractivity contribution in [2.24, 2.45) is 11.7 Å². The van der Waals surface area contributed by atoms with Crippen molar-refractivity contribution in [3.05, 3.63) is 23.8 Å². The summed E-state index contributed by atoms with van der Waals surface area (Å²) in [5.74, 6) is 0.781. The van der Waals surface area contributed by atoms with Crippen LogP contribution in [0.1, 0.15) is 45.6 Å². The van der Waals surface area contributed by atoms with Gasteiger partial charge >= 0.3 is 6.09 Å². The van der Waals surface area contributed by atoms with E-state index in [1.165, 1.54) is 5.56 Å². The Hall–Kier alpha value is -2.77. The lowest BCUT2D eigenvalue weighted by atomic mass is 9.90. The molecule has 8 nitrogen and oxygen atoms in total. The summed E-state index contributed by atoms with van der Waals surface area (Å²) in [6.07, 6.45) is 2.84. The lowest BCUT2D eigenvalue weighted by Crippen LogP contribution is -2.42. The molecule has 1 aromatic heterocycles. The molecule has 2 amide bonds. The molecule has 1 aliphatic heterocycles. The summed E-state index contributed by atoms with van der Waals surface area (Å²) in [7, 11) is 0. The molecule has 158 valence electrons. The molecular formula is C21H30N4O4. The second-order valence-corrected chi connectivity index (χ2v) is 8.62. The predicted octanol–water partition coefficient (Wildman–Crippen LogP) is 3.30. The van der Waals surface area contributed by atoms with E-state index in [1.807, 2.05) is 26.8 Å². The van der Waals surface area contributed by atoms with Crippen LogP contribution in [0, 0.1) is 5.92 Å². The zero-order chi connectivity index (χ0) is 21.0. The lowest BCUT2D eigenvalue weighted by molar-refractivity contribution is -0.117. The zero-order valence-corrected chi connectivity index (χ0v) is 17.4. The molecule has 0 saturated carbocycles. The second kappa shape index (κ2) is 8.71. The largest absolute Gasteiger partial charge is 0.444 e. The van der Waals surface area contributed by atoms with Crippen LogP contribution in [-0.2, 0) is 16.0 Å². The predicted molar refractivity (Wildman–Crippen MR) is 111 cm³/mol. The topological polar surface area (TPSA) is 111 Å². The quantitative estimate of drug-likeness (QED) is 0.767. The summed E-state index contributed by atoms with van der Waals surface area (Å²) in [5.41, 5.74) is 6.62. The minimum absolute atomic E-state index is 0.228. The van der Waals surface area contributed by atoms with Crippen LogP contribution in [0.2, 0.25) is 0 Å². The number of aromatic nitrogens is 1. The Morgan fingerprint density at radius 2 is 2.03 bits per heavy atom. The molecule has 0 atom stereocenters. The number of amides is 2. The third-order valence-corrected chi connectivity index (χ3v) is 4.99. The van der Waals surface area contributed by atoms with E-state index in [2.05, 4.69) is 22.6 Å². The van der Waals surface area contributed by atoms with E-state index in [0.717, 1.165) is 37.7 Å². The number of hydrogen-bond acceptors (Lipinski definition) is 6. The highest BCUT2D eigenvalue weighted by Crippen LogP contribution is 2.28. The fourth-order valence-electron chi connectivity index (χ4n) is 3.52. The average molecular weight is 402 g/mol. The van der Waals surface area contributed by atoms with E-state index in [4.69, 9.17) is 15.0 Å². The third kappa shape index (κ3) is 5.85. The molecule has 1 fully saturated rings. The first kappa shape index (κ1) is 21.0. The van der Waals surface area contributed by atoms with Crippen LogP contribution in [0.15, 0.2) is 22.7 Å². The van der Waals surface area contributed by atoms with Crippen molar-refractivity contribution in [2.75, 3.05) is 25.0 Å². The van der Waals surface area contributed by atoms with Gasteiger partial charge in [0.1, 0.15) is 5.60 Å². The Morgan fingerprint density at radius 3 is 2.69 bits per heavy atom. The molecule has 1 aliphatic rings. The van der Waals surface area contributed by atoms with Gasteiger partial charge in [0.2, 0.25) is 5.91 Å². The number of hydrogen-bond donors (Lipinski definition) is 2. The normalized spacial score (nSPS) is 15.5. The molecule has 3 rings (SSSR count). The smallest absolute Gasteiger partial charge is 0.410 e. The monoisotopic (exact) mass is 402 g/mol. The van der Waals surface area contributed by atoms with E-state index in [-0.39, 0.29) is 18.4 Å². The number of nitrogens with one attached hydrogen (secondary N) is 1. The van der Waals surface area contributed by atoms with Crippen LogP contribution >= 0.6 is 0 Å². The van der Waals surface area contributed by atoms with E-state index in [0.29, 0.717) is 23.9 Å². The van der Waals surface area contributed by atoms with Gasteiger partial charge in [-0.25, -0.2) is 4.79 Å². The van der Waals surface area contributed by atoms with Crippen LogP contribution < -0.4 is 11.1 Å². The highest BCUT2D eigenvalue weighted by Gasteiger charge is 2.27. The molecule has 0 spiro atoms. The Balaban J connectivity index is 1.57. The fraction of sp³-hybridized carbons (Fsp3) is 0.571. The van der Waals surface area contributed by atoms with Crippen LogP contribution in [0.5, 0.6) is 0 Å². The maximum Gasteiger partial charge on any atom is 0.410 e. The summed E-state index contributed by atoms with van der Waals surface area (Å²) >= 11 is 0. The van der Waals surface area contributed by atoms with E-state index in [9.17, 15) is 9.59 Å². The number of ether oxygens (including phenoxy) is 1. The van der Waals surface area contributed by atoms with Gasteiger partial charge < -0.3 is 25.2 Å². The Labute approximate surface area is 170 Å². The summed E-state index contributed by atoms with van der Waals surface area (Å²) in [6, 6.07) is 6.06. The molecule has 0 radical (unpaired) electrons. The van der Waals surface area contributed by atoms with Crippen molar-refractivity contribution < 1.29 is 18.8 Å². The standard InChI is InChI=1S/C21H30N4O4/c1-21(2,3)28-20(27)25-10-7-14(8-11-25)12-15-4-5-17-16(13-15)19(24-29-17)23-9-6-18(22)26/h4-5,13-14H,6-12H2,1-3H3,(H2,22,26)(H,23,24). The number of likely N-dealkylation sites (tertiary alicyclic amines) is 1. The number of carbonyl (C=O) groups excluding carboxylic acids is 2. The van der Waals surface area contributed by atoms with Gasteiger partial charge in [0.25, 0.3) is 0 Å². The average Bonchev–Trinajstić information content (AvgIpc) is 3.03. The second-order valence-electron chi connectivity index (χ2n) is 8.62. The number of anilines is 1. The molecular weight excluding hydrogens is 372 g/mol. The SMILES string of the molecule is CC(C)(C)OC(=O)N1CCC(Cc2ccc3onc(NCCC(N)=O)c3c2)CC1.